The second kappa shape index (κ2) is 6.85. The predicted octanol–water partition coefficient (Wildman–Crippen LogP) is 2.13. The number of nitrogens with two attached hydrogens (primary N) is 2. The van der Waals surface area contributed by atoms with Gasteiger partial charge in [-0.05, 0) is 25.1 Å². The maximum absolute atomic E-state index is 6.50. The number of imidazole rings is 2. The molecular weight excluding hydrogens is 382 g/mol. The smallest absolute Gasteiger partial charge is 0.215 e. The second-order valence-electron chi connectivity index (χ2n) is 6.97. The van der Waals surface area contributed by atoms with E-state index in [1.807, 2.05) is 47.9 Å². The number of nitrogens with one attached hydrogen (secondary N) is 1. The van der Waals surface area contributed by atoms with Gasteiger partial charge in [0, 0.05) is 11.8 Å². The Kier molecular flexibility index (Phi) is 4.14. The number of aromatic amines is 1. The van der Waals surface area contributed by atoms with Crippen LogP contribution in [-0.4, -0.2) is 42.5 Å². The van der Waals surface area contributed by atoms with Crippen LogP contribution in [0.25, 0.3) is 16.9 Å². The van der Waals surface area contributed by atoms with E-state index in [1.165, 1.54) is 0 Å². The average Bonchev–Trinajstić information content (AvgIpc) is 3.38. The van der Waals surface area contributed by atoms with Crippen LogP contribution in [0.15, 0.2) is 53.8 Å². The van der Waals surface area contributed by atoms with Crippen LogP contribution in [0.1, 0.15) is 30.6 Å². The van der Waals surface area contributed by atoms with E-state index in [0.717, 1.165) is 17.0 Å². The molecule has 30 heavy (non-hydrogen) atoms. The van der Waals surface area contributed by atoms with E-state index in [9.17, 15) is 0 Å². The van der Waals surface area contributed by atoms with Gasteiger partial charge in [0.25, 0.3) is 0 Å². The highest BCUT2D eigenvalue weighted by molar-refractivity contribution is 5.84. The van der Waals surface area contributed by atoms with Gasteiger partial charge in [-0.2, -0.15) is 9.98 Å². The summed E-state index contributed by atoms with van der Waals surface area (Å²) >= 11 is 0. The molecule has 2 atom stereocenters. The van der Waals surface area contributed by atoms with E-state index in [-0.39, 0.29) is 6.04 Å². The molecule has 10 nitrogen and oxygen atoms in total. The van der Waals surface area contributed by atoms with Crippen LogP contribution in [0.5, 0.6) is 5.88 Å². The molecule has 2 unspecified atom stereocenters. The fraction of sp³-hybridized carbons (Fsp3) is 0.200. The quantitative estimate of drug-likeness (QED) is 0.475. The number of ether oxygens (including phenoxy) is 1. The first-order valence-electron chi connectivity index (χ1n) is 9.48. The minimum absolute atomic E-state index is 0.295. The molecule has 0 aliphatic carbocycles. The number of para-hydroxylation sites is 1. The van der Waals surface area contributed by atoms with Crippen LogP contribution < -0.4 is 16.2 Å². The summed E-state index contributed by atoms with van der Waals surface area (Å²) < 4.78 is 7.32. The molecule has 4 heterocycles. The van der Waals surface area contributed by atoms with Crippen LogP contribution in [0, 0.1) is 0 Å². The van der Waals surface area contributed by atoms with Crippen LogP contribution >= 0.6 is 0 Å². The number of hydrogen-bond donors (Lipinski definition) is 3. The Morgan fingerprint density at radius 3 is 2.70 bits per heavy atom. The molecule has 0 spiro atoms. The van der Waals surface area contributed by atoms with Crippen LogP contribution in [0.4, 0.5) is 5.82 Å². The Morgan fingerprint density at radius 2 is 1.93 bits per heavy atom. The number of rotatable bonds is 4. The molecule has 5 N–H and O–H groups in total. The topological polar surface area (TPSA) is 136 Å². The van der Waals surface area contributed by atoms with Gasteiger partial charge in [0.05, 0.1) is 19.5 Å². The van der Waals surface area contributed by atoms with Crippen molar-refractivity contribution in [2.75, 3.05) is 7.11 Å². The maximum atomic E-state index is 6.50. The standard InChI is InChI=1S/C20H21N9O/c1-11(28-16(21)15-17(24-10-23-15)27-20(28)22)18-25-13-8-9-14(30-2)26-19(13)29(18)12-6-4-3-5-7-12/h3-11,16H,21H2,1-2H3,(H2,22,27)(H,23,24). The first kappa shape index (κ1) is 18.1. The molecule has 1 aromatic carbocycles. The summed E-state index contributed by atoms with van der Waals surface area (Å²) in [6, 6.07) is 13.3. The third-order valence-electron chi connectivity index (χ3n) is 5.24. The SMILES string of the molecule is COc1ccc2nc(C(C)N3C(N)=Nc4[nH]cnc4C3N)n(-c3ccccc3)c2n1. The molecular formula is C20H21N9O. The van der Waals surface area contributed by atoms with Crippen molar-refractivity contribution in [2.45, 2.75) is 19.1 Å². The molecule has 1 aliphatic rings. The summed E-state index contributed by atoms with van der Waals surface area (Å²) in [5.74, 6) is 2.11. The minimum atomic E-state index is -0.565. The number of guanidine groups is 1. The van der Waals surface area contributed by atoms with E-state index in [0.29, 0.717) is 29.0 Å². The normalized spacial score (nSPS) is 17.0. The maximum Gasteiger partial charge on any atom is 0.215 e. The Labute approximate surface area is 172 Å². The fourth-order valence-corrected chi connectivity index (χ4v) is 3.80. The monoisotopic (exact) mass is 403 g/mol. The lowest BCUT2D eigenvalue weighted by Crippen LogP contribution is -2.47. The Bertz CT molecular complexity index is 1240. The molecule has 152 valence electrons. The Morgan fingerprint density at radius 1 is 1.13 bits per heavy atom. The number of hydrogen-bond acceptors (Lipinski definition) is 8. The Hall–Kier alpha value is -3.92. The molecule has 0 radical (unpaired) electrons. The van der Waals surface area contributed by atoms with E-state index >= 15 is 0 Å². The number of H-pyrrole nitrogens is 1. The molecule has 0 bridgehead atoms. The number of pyridine rings is 1. The largest absolute Gasteiger partial charge is 0.481 e. The molecule has 1 aliphatic heterocycles. The molecule has 0 amide bonds. The number of methoxy groups -OCH3 is 1. The van der Waals surface area contributed by atoms with E-state index in [1.54, 1.807) is 24.4 Å². The lowest BCUT2D eigenvalue weighted by atomic mass is 10.2. The van der Waals surface area contributed by atoms with Crippen molar-refractivity contribution in [3.05, 3.63) is 60.3 Å². The van der Waals surface area contributed by atoms with Gasteiger partial charge in [0.15, 0.2) is 17.4 Å². The van der Waals surface area contributed by atoms with E-state index in [4.69, 9.17) is 21.2 Å². The van der Waals surface area contributed by atoms with Gasteiger partial charge in [-0.3, -0.25) is 4.57 Å². The number of aliphatic imine (C=N–C) groups is 1. The van der Waals surface area contributed by atoms with Crippen molar-refractivity contribution in [1.82, 2.24) is 29.4 Å². The zero-order chi connectivity index (χ0) is 20.8. The predicted molar refractivity (Wildman–Crippen MR) is 112 cm³/mol. The minimum Gasteiger partial charge on any atom is -0.481 e. The van der Waals surface area contributed by atoms with Crippen molar-refractivity contribution >= 4 is 22.9 Å². The van der Waals surface area contributed by atoms with Crippen LogP contribution in [0.2, 0.25) is 0 Å². The first-order chi connectivity index (χ1) is 14.6. The van der Waals surface area contributed by atoms with Crippen molar-refractivity contribution in [2.24, 2.45) is 16.5 Å². The van der Waals surface area contributed by atoms with Gasteiger partial charge in [-0.1, -0.05) is 18.2 Å². The zero-order valence-electron chi connectivity index (χ0n) is 16.5. The summed E-state index contributed by atoms with van der Waals surface area (Å²) in [4.78, 5) is 23.0. The van der Waals surface area contributed by atoms with Gasteiger partial charge < -0.3 is 26.1 Å². The molecule has 0 saturated carbocycles. The molecule has 3 aromatic heterocycles. The highest BCUT2D eigenvalue weighted by Gasteiger charge is 2.34. The third-order valence-corrected chi connectivity index (χ3v) is 5.24. The van der Waals surface area contributed by atoms with Crippen LogP contribution in [0.3, 0.4) is 0 Å². The van der Waals surface area contributed by atoms with E-state index in [2.05, 4.69) is 19.9 Å². The van der Waals surface area contributed by atoms with Gasteiger partial charge in [-0.25, -0.2) is 9.97 Å². The fourth-order valence-electron chi connectivity index (χ4n) is 3.80. The third kappa shape index (κ3) is 2.69. The highest BCUT2D eigenvalue weighted by atomic mass is 16.5. The molecule has 10 heteroatoms. The number of benzene rings is 1. The van der Waals surface area contributed by atoms with Crippen molar-refractivity contribution < 1.29 is 4.74 Å². The lowest BCUT2D eigenvalue weighted by Gasteiger charge is -2.36. The zero-order valence-corrected chi connectivity index (χ0v) is 16.5. The van der Waals surface area contributed by atoms with Gasteiger partial charge in [0.1, 0.15) is 23.2 Å². The number of aromatic nitrogens is 5. The summed E-state index contributed by atoms with van der Waals surface area (Å²) in [7, 11) is 1.59. The first-order valence-corrected chi connectivity index (χ1v) is 9.48. The molecule has 0 saturated heterocycles. The van der Waals surface area contributed by atoms with Crippen LogP contribution in [-0.2, 0) is 0 Å². The summed E-state index contributed by atoms with van der Waals surface area (Å²) in [6.07, 6.45) is 0.996. The summed E-state index contributed by atoms with van der Waals surface area (Å²) in [6.45, 7) is 1.98. The summed E-state index contributed by atoms with van der Waals surface area (Å²) in [5.41, 5.74) is 15.8. The van der Waals surface area contributed by atoms with Crippen molar-refractivity contribution in [1.29, 1.82) is 0 Å². The van der Waals surface area contributed by atoms with Gasteiger partial charge >= 0.3 is 0 Å². The van der Waals surface area contributed by atoms with Gasteiger partial charge in [0.2, 0.25) is 5.88 Å². The number of fused-ring (bicyclic) bond motifs is 2. The Balaban J connectivity index is 1.69. The molecule has 0 fully saturated rings. The summed E-state index contributed by atoms with van der Waals surface area (Å²) in [5, 5.41) is 0. The van der Waals surface area contributed by atoms with Crippen molar-refractivity contribution in [3.63, 3.8) is 0 Å². The lowest BCUT2D eigenvalue weighted by molar-refractivity contribution is 0.238. The molecule has 4 aromatic rings. The molecule has 5 rings (SSSR count). The second-order valence-corrected chi connectivity index (χ2v) is 6.97. The number of nitrogens with zero attached hydrogens (tertiary/aromatic N) is 6. The van der Waals surface area contributed by atoms with Gasteiger partial charge in [-0.15, -0.1) is 0 Å². The van der Waals surface area contributed by atoms with Crippen molar-refractivity contribution in [3.8, 4) is 11.6 Å². The average molecular weight is 403 g/mol. The van der Waals surface area contributed by atoms with E-state index < -0.39 is 6.17 Å². The highest BCUT2D eigenvalue weighted by Crippen LogP contribution is 2.35.